The molecule has 21 heavy (non-hydrogen) atoms. The molecule has 0 fully saturated rings. The summed E-state index contributed by atoms with van der Waals surface area (Å²) in [6.07, 6.45) is 0.414. The van der Waals surface area contributed by atoms with Crippen molar-refractivity contribution in [1.29, 1.82) is 5.26 Å². The molecule has 0 aliphatic heterocycles. The molecule has 0 saturated carbocycles. The quantitative estimate of drug-likeness (QED) is 0.835. The van der Waals surface area contributed by atoms with Crippen LogP contribution in [0.4, 0.5) is 5.69 Å². The molecule has 2 aromatic carbocycles. The number of carbonyl (C=O) groups excluding carboxylic acids is 1. The first-order chi connectivity index (χ1) is 10.2. The lowest BCUT2D eigenvalue weighted by Gasteiger charge is -2.05. The first kappa shape index (κ1) is 15.4. The molecule has 3 nitrogen and oxygen atoms in total. The Balaban J connectivity index is 1.78. The Morgan fingerprint density at radius 2 is 2.00 bits per heavy atom. The number of halogens is 1. The Morgan fingerprint density at radius 1 is 1.24 bits per heavy atom. The molecule has 0 saturated heterocycles. The van der Waals surface area contributed by atoms with Crippen molar-refractivity contribution in [2.24, 2.45) is 0 Å². The molecule has 0 radical (unpaired) electrons. The highest BCUT2D eigenvalue weighted by atomic mass is 35.5. The van der Waals surface area contributed by atoms with Gasteiger partial charge in [0.15, 0.2) is 0 Å². The highest BCUT2D eigenvalue weighted by molar-refractivity contribution is 7.99. The van der Waals surface area contributed by atoms with Crippen LogP contribution in [0.15, 0.2) is 53.4 Å². The van der Waals surface area contributed by atoms with Crippen LogP contribution in [0.2, 0.25) is 5.02 Å². The summed E-state index contributed by atoms with van der Waals surface area (Å²) in [4.78, 5) is 12.9. The Morgan fingerprint density at radius 3 is 2.67 bits per heavy atom. The monoisotopic (exact) mass is 316 g/mol. The summed E-state index contributed by atoms with van der Waals surface area (Å²) < 4.78 is 0. The van der Waals surface area contributed by atoms with Crippen molar-refractivity contribution >= 4 is 35.0 Å². The number of nitrogens with one attached hydrogen (secondary N) is 1. The smallest absolute Gasteiger partial charge is 0.225 e. The molecule has 0 aromatic heterocycles. The molecule has 0 aliphatic carbocycles. The molecule has 106 valence electrons. The van der Waals surface area contributed by atoms with Crippen LogP contribution in [0.5, 0.6) is 0 Å². The second-order valence-corrected chi connectivity index (χ2v) is 5.90. The first-order valence-corrected chi connectivity index (χ1v) is 7.72. The third-order valence-corrected chi connectivity index (χ3v) is 3.92. The van der Waals surface area contributed by atoms with Crippen LogP contribution >= 0.6 is 23.4 Å². The van der Waals surface area contributed by atoms with E-state index in [9.17, 15) is 4.79 Å². The zero-order valence-electron chi connectivity index (χ0n) is 11.2. The van der Waals surface area contributed by atoms with E-state index in [-0.39, 0.29) is 5.91 Å². The zero-order chi connectivity index (χ0) is 15.1. The summed E-state index contributed by atoms with van der Waals surface area (Å²) in [6, 6.07) is 16.4. The molecule has 0 bridgehead atoms. The van der Waals surface area contributed by atoms with E-state index in [1.165, 1.54) is 0 Å². The van der Waals surface area contributed by atoms with Crippen LogP contribution in [0.25, 0.3) is 0 Å². The van der Waals surface area contributed by atoms with Crippen LogP contribution in [-0.2, 0) is 4.79 Å². The van der Waals surface area contributed by atoms with Gasteiger partial charge in [-0.25, -0.2) is 0 Å². The molecule has 5 heteroatoms. The predicted octanol–water partition coefficient (Wildman–Crippen LogP) is 4.33. The van der Waals surface area contributed by atoms with Crippen molar-refractivity contribution in [3.05, 3.63) is 59.1 Å². The molecule has 0 unspecified atom stereocenters. The highest BCUT2D eigenvalue weighted by Crippen LogP contribution is 2.22. The number of hydrogen-bond donors (Lipinski definition) is 1. The van der Waals surface area contributed by atoms with Crippen molar-refractivity contribution in [1.82, 2.24) is 0 Å². The number of amides is 1. The average Bonchev–Trinajstić information content (AvgIpc) is 2.48. The number of thioether (sulfide) groups is 1. The molecule has 0 spiro atoms. The SMILES string of the molecule is N#Cc1ccc(NC(=O)CCSc2cccc(Cl)c2)cc1. The lowest BCUT2D eigenvalue weighted by Crippen LogP contribution is -2.12. The van der Waals surface area contributed by atoms with Crippen LogP contribution < -0.4 is 5.32 Å². The summed E-state index contributed by atoms with van der Waals surface area (Å²) in [7, 11) is 0. The van der Waals surface area contributed by atoms with Gasteiger partial charge in [0.1, 0.15) is 0 Å². The maximum atomic E-state index is 11.8. The third-order valence-electron chi connectivity index (χ3n) is 2.69. The maximum Gasteiger partial charge on any atom is 0.225 e. The van der Waals surface area contributed by atoms with E-state index in [0.717, 1.165) is 4.90 Å². The maximum absolute atomic E-state index is 11.8. The van der Waals surface area contributed by atoms with Crippen LogP contribution in [-0.4, -0.2) is 11.7 Å². The average molecular weight is 317 g/mol. The lowest BCUT2D eigenvalue weighted by molar-refractivity contribution is -0.115. The van der Waals surface area contributed by atoms with Gasteiger partial charge in [0.05, 0.1) is 11.6 Å². The number of nitrogens with zero attached hydrogens (tertiary/aromatic N) is 1. The molecular formula is C16H13ClN2OS. The third kappa shape index (κ3) is 5.14. The number of benzene rings is 2. The fourth-order valence-corrected chi connectivity index (χ4v) is 2.83. The van der Waals surface area contributed by atoms with E-state index < -0.39 is 0 Å². The first-order valence-electron chi connectivity index (χ1n) is 6.36. The van der Waals surface area contributed by atoms with E-state index in [4.69, 9.17) is 16.9 Å². The number of nitriles is 1. The van der Waals surface area contributed by atoms with Crippen LogP contribution in [0, 0.1) is 11.3 Å². The molecule has 0 aliphatic rings. The van der Waals surface area contributed by atoms with Gasteiger partial charge in [0.25, 0.3) is 0 Å². The van der Waals surface area contributed by atoms with Crippen molar-refractivity contribution in [3.8, 4) is 6.07 Å². The molecule has 0 atom stereocenters. The van der Waals surface area contributed by atoms with Gasteiger partial charge in [-0.3, -0.25) is 4.79 Å². The number of carbonyl (C=O) groups is 1. The fraction of sp³-hybridized carbons (Fsp3) is 0.125. The summed E-state index contributed by atoms with van der Waals surface area (Å²) in [5.41, 5.74) is 1.27. The Hall–Kier alpha value is -1.96. The number of hydrogen-bond acceptors (Lipinski definition) is 3. The van der Waals surface area contributed by atoms with E-state index in [2.05, 4.69) is 5.32 Å². The molecule has 1 N–H and O–H groups in total. The fourth-order valence-electron chi connectivity index (χ4n) is 1.67. The van der Waals surface area contributed by atoms with Gasteiger partial charge >= 0.3 is 0 Å². The second kappa shape index (κ2) is 7.72. The minimum Gasteiger partial charge on any atom is -0.326 e. The van der Waals surface area contributed by atoms with Gasteiger partial charge in [-0.2, -0.15) is 5.26 Å². The van der Waals surface area contributed by atoms with E-state index in [1.807, 2.05) is 30.3 Å². The standard InChI is InChI=1S/C16H13ClN2OS/c17-13-2-1-3-15(10-13)21-9-8-16(20)19-14-6-4-12(11-18)5-7-14/h1-7,10H,8-9H2,(H,19,20). The van der Waals surface area contributed by atoms with Crippen molar-refractivity contribution < 1.29 is 4.79 Å². The summed E-state index contributed by atoms with van der Waals surface area (Å²) in [5.74, 6) is 0.636. The normalized spacial score (nSPS) is 9.90. The predicted molar refractivity (Wildman–Crippen MR) is 86.6 cm³/mol. The van der Waals surface area contributed by atoms with Gasteiger partial charge in [0, 0.05) is 27.8 Å². The highest BCUT2D eigenvalue weighted by Gasteiger charge is 2.03. The minimum absolute atomic E-state index is 0.0470. The minimum atomic E-state index is -0.0470. The van der Waals surface area contributed by atoms with Gasteiger partial charge in [-0.1, -0.05) is 17.7 Å². The van der Waals surface area contributed by atoms with E-state index in [1.54, 1.807) is 36.0 Å². The second-order valence-electron chi connectivity index (χ2n) is 4.29. The van der Waals surface area contributed by atoms with Gasteiger partial charge in [0.2, 0.25) is 5.91 Å². The van der Waals surface area contributed by atoms with Gasteiger partial charge in [-0.15, -0.1) is 11.8 Å². The Kier molecular flexibility index (Phi) is 5.68. The van der Waals surface area contributed by atoms with Crippen LogP contribution in [0.1, 0.15) is 12.0 Å². The van der Waals surface area contributed by atoms with Crippen LogP contribution in [0.3, 0.4) is 0 Å². The lowest BCUT2D eigenvalue weighted by atomic mass is 10.2. The van der Waals surface area contributed by atoms with E-state index >= 15 is 0 Å². The Labute approximate surface area is 132 Å². The summed E-state index contributed by atoms with van der Waals surface area (Å²) >= 11 is 7.49. The van der Waals surface area contributed by atoms with Crippen molar-refractivity contribution in [2.75, 3.05) is 11.1 Å². The van der Waals surface area contributed by atoms with Crippen molar-refractivity contribution in [3.63, 3.8) is 0 Å². The van der Waals surface area contributed by atoms with Gasteiger partial charge < -0.3 is 5.32 Å². The summed E-state index contributed by atoms with van der Waals surface area (Å²) in [6.45, 7) is 0. The zero-order valence-corrected chi connectivity index (χ0v) is 12.7. The molecule has 2 aromatic rings. The number of anilines is 1. The van der Waals surface area contributed by atoms with E-state index in [0.29, 0.717) is 28.4 Å². The number of rotatable bonds is 5. The summed E-state index contributed by atoms with van der Waals surface area (Å²) in [5, 5.41) is 12.2. The topological polar surface area (TPSA) is 52.9 Å². The molecular weight excluding hydrogens is 304 g/mol. The molecule has 0 heterocycles. The molecule has 1 amide bonds. The van der Waals surface area contributed by atoms with Crippen molar-refractivity contribution in [2.45, 2.75) is 11.3 Å². The van der Waals surface area contributed by atoms with Gasteiger partial charge in [-0.05, 0) is 42.5 Å². The Bertz CT molecular complexity index is 665. The molecule has 2 rings (SSSR count). The largest absolute Gasteiger partial charge is 0.326 e.